The van der Waals surface area contributed by atoms with Gasteiger partial charge in [-0.3, -0.25) is 0 Å². The molecule has 0 unspecified atom stereocenters. The Hall–Kier alpha value is -3.11. The first kappa shape index (κ1) is 14.3. The van der Waals surface area contributed by atoms with Crippen LogP contribution in [0.25, 0.3) is 0 Å². The number of aliphatic imine (C=N–C) groups is 1. The van der Waals surface area contributed by atoms with Crippen molar-refractivity contribution in [3.8, 4) is 17.2 Å². The minimum Gasteiger partial charge on any atom is -0.493 e. The molecule has 0 aliphatic carbocycles. The summed E-state index contributed by atoms with van der Waals surface area (Å²) in [5.41, 5.74) is -0.129. The zero-order valence-corrected chi connectivity index (χ0v) is 11.1. The van der Waals surface area contributed by atoms with Crippen LogP contribution in [-0.4, -0.2) is 24.3 Å². The monoisotopic (exact) mass is 285 g/mol. The van der Waals surface area contributed by atoms with E-state index in [1.165, 1.54) is 31.4 Å². The van der Waals surface area contributed by atoms with E-state index in [0.29, 0.717) is 17.2 Å². The van der Waals surface area contributed by atoms with Crippen molar-refractivity contribution < 1.29 is 24.2 Å². The molecule has 0 spiro atoms. The molecule has 0 atom stereocenters. The first-order chi connectivity index (χ1) is 10.2. The summed E-state index contributed by atoms with van der Waals surface area (Å²) in [5.74, 6) is 0.0450. The van der Waals surface area contributed by atoms with Crippen molar-refractivity contribution in [3.63, 3.8) is 0 Å². The lowest BCUT2D eigenvalue weighted by atomic mass is 10.1. The van der Waals surface area contributed by atoms with E-state index in [1.807, 2.05) is 0 Å². The molecule has 0 saturated carbocycles. The number of ether oxygens (including phenoxy) is 2. The van der Waals surface area contributed by atoms with Gasteiger partial charge in [0.2, 0.25) is 6.08 Å². The number of carbonyl (C=O) groups is 1. The fourth-order valence-electron chi connectivity index (χ4n) is 1.73. The lowest BCUT2D eigenvalue weighted by Crippen LogP contribution is -1.98. The molecule has 0 saturated heterocycles. The molecule has 0 amide bonds. The Morgan fingerprint density at radius 2 is 1.90 bits per heavy atom. The molecule has 0 aromatic heterocycles. The number of para-hydroxylation sites is 2. The molecule has 106 valence electrons. The van der Waals surface area contributed by atoms with Gasteiger partial charge in [-0.25, -0.2) is 9.59 Å². The van der Waals surface area contributed by atoms with Crippen LogP contribution in [0, 0.1) is 0 Å². The van der Waals surface area contributed by atoms with Crippen LogP contribution in [0.5, 0.6) is 17.2 Å². The minimum atomic E-state index is -1.21. The summed E-state index contributed by atoms with van der Waals surface area (Å²) in [6.45, 7) is 0. The highest BCUT2D eigenvalue weighted by Gasteiger charge is 2.12. The Bertz CT molecular complexity index is 720. The maximum absolute atomic E-state index is 11.2. The number of aromatic carboxylic acids is 1. The normalized spacial score (nSPS) is 9.57. The molecule has 0 fully saturated rings. The Morgan fingerprint density at radius 3 is 2.52 bits per heavy atom. The number of carbonyl (C=O) groups excluding carboxylic acids is 1. The van der Waals surface area contributed by atoms with Gasteiger partial charge >= 0.3 is 5.97 Å². The number of nitrogens with zero attached hydrogens (tertiary/aromatic N) is 1. The van der Waals surface area contributed by atoms with Gasteiger partial charge in [0.1, 0.15) is 5.75 Å². The van der Waals surface area contributed by atoms with Crippen LogP contribution in [0.2, 0.25) is 0 Å². The number of benzene rings is 2. The predicted molar refractivity (Wildman–Crippen MR) is 74.3 cm³/mol. The van der Waals surface area contributed by atoms with E-state index >= 15 is 0 Å². The number of rotatable bonds is 5. The van der Waals surface area contributed by atoms with Crippen LogP contribution >= 0.6 is 0 Å². The average Bonchev–Trinajstić information content (AvgIpc) is 2.49. The summed E-state index contributed by atoms with van der Waals surface area (Å²) in [7, 11) is 1.51. The molecule has 0 bridgehead atoms. The molecule has 6 nitrogen and oxygen atoms in total. The molecule has 1 N–H and O–H groups in total. The van der Waals surface area contributed by atoms with Gasteiger partial charge in [-0.1, -0.05) is 12.1 Å². The van der Waals surface area contributed by atoms with Crippen molar-refractivity contribution in [2.45, 2.75) is 0 Å². The fourth-order valence-corrected chi connectivity index (χ4v) is 1.73. The molecule has 2 aromatic carbocycles. The molecule has 0 heterocycles. The minimum absolute atomic E-state index is 0.0184. The van der Waals surface area contributed by atoms with Gasteiger partial charge in [-0.05, 0) is 30.3 Å². The van der Waals surface area contributed by atoms with Gasteiger partial charge in [0, 0.05) is 0 Å². The Morgan fingerprint density at radius 1 is 1.19 bits per heavy atom. The van der Waals surface area contributed by atoms with Gasteiger partial charge < -0.3 is 14.6 Å². The smallest absolute Gasteiger partial charge is 0.338 e. The molecule has 2 rings (SSSR count). The first-order valence-electron chi connectivity index (χ1n) is 5.92. The molecule has 21 heavy (non-hydrogen) atoms. The molecular weight excluding hydrogens is 274 g/mol. The second-order valence-corrected chi connectivity index (χ2v) is 3.94. The van der Waals surface area contributed by atoms with Crippen molar-refractivity contribution in [2.75, 3.05) is 7.11 Å². The van der Waals surface area contributed by atoms with Crippen molar-refractivity contribution >= 4 is 17.7 Å². The number of carboxylic acids is 1. The van der Waals surface area contributed by atoms with Crippen molar-refractivity contribution in [1.82, 2.24) is 0 Å². The Labute approximate surface area is 120 Å². The third-order valence-corrected chi connectivity index (χ3v) is 2.66. The average molecular weight is 285 g/mol. The van der Waals surface area contributed by atoms with Crippen molar-refractivity contribution in [2.24, 2.45) is 4.99 Å². The summed E-state index contributed by atoms with van der Waals surface area (Å²) in [5, 5.41) is 9.11. The number of methoxy groups -OCH3 is 1. The summed E-state index contributed by atoms with van der Waals surface area (Å²) < 4.78 is 10.7. The number of isocyanates is 1. The van der Waals surface area contributed by atoms with E-state index in [0.717, 1.165) is 0 Å². The Balaban J connectivity index is 2.39. The van der Waals surface area contributed by atoms with Gasteiger partial charge in [-0.15, -0.1) is 0 Å². The molecule has 0 aliphatic heterocycles. The third-order valence-electron chi connectivity index (χ3n) is 2.66. The predicted octanol–water partition coefficient (Wildman–Crippen LogP) is 3.15. The quantitative estimate of drug-likeness (QED) is 0.673. The number of hydrogen-bond acceptors (Lipinski definition) is 5. The van der Waals surface area contributed by atoms with E-state index in [9.17, 15) is 9.59 Å². The molecule has 6 heteroatoms. The molecule has 2 aromatic rings. The highest BCUT2D eigenvalue weighted by molar-refractivity contribution is 5.94. The lowest BCUT2D eigenvalue weighted by Gasteiger charge is -2.10. The van der Waals surface area contributed by atoms with Crippen molar-refractivity contribution in [3.05, 3.63) is 48.0 Å². The maximum Gasteiger partial charge on any atom is 0.338 e. The number of carboxylic acid groups (broad SMARTS) is 1. The standard InChI is InChI=1S/C15H11NO5/c1-20-13-4-2-3-5-14(13)21-10-6-7-12(16-9-17)11(8-10)15(18)19/h2-8H,1H3,(H,18,19). The third kappa shape index (κ3) is 3.26. The first-order valence-corrected chi connectivity index (χ1v) is 5.92. The van der Waals surface area contributed by atoms with E-state index in [4.69, 9.17) is 14.6 Å². The lowest BCUT2D eigenvalue weighted by molar-refractivity contribution is 0.0697. The number of hydrogen-bond donors (Lipinski definition) is 1. The summed E-state index contributed by atoms with van der Waals surface area (Å²) >= 11 is 0. The van der Waals surface area contributed by atoms with Gasteiger partial charge in [0.05, 0.1) is 18.4 Å². The van der Waals surface area contributed by atoms with Crippen LogP contribution in [0.1, 0.15) is 10.4 Å². The fraction of sp³-hybridized carbons (Fsp3) is 0.0667. The van der Waals surface area contributed by atoms with Crippen molar-refractivity contribution in [1.29, 1.82) is 0 Å². The zero-order chi connectivity index (χ0) is 15.2. The van der Waals surface area contributed by atoms with E-state index in [2.05, 4.69) is 4.99 Å². The van der Waals surface area contributed by atoms with Crippen LogP contribution < -0.4 is 9.47 Å². The maximum atomic E-state index is 11.2. The molecular formula is C15H11NO5. The highest BCUT2D eigenvalue weighted by Crippen LogP contribution is 2.33. The largest absolute Gasteiger partial charge is 0.493 e. The van der Waals surface area contributed by atoms with Gasteiger partial charge in [0.25, 0.3) is 0 Å². The highest BCUT2D eigenvalue weighted by atomic mass is 16.5. The molecule has 0 aliphatic rings. The van der Waals surface area contributed by atoms with E-state index in [1.54, 1.807) is 24.3 Å². The second-order valence-electron chi connectivity index (χ2n) is 3.94. The van der Waals surface area contributed by atoms with Crippen LogP contribution in [0.15, 0.2) is 47.5 Å². The summed E-state index contributed by atoms with van der Waals surface area (Å²) in [6, 6.07) is 11.1. The second kappa shape index (κ2) is 6.36. The van der Waals surface area contributed by atoms with Gasteiger partial charge in [-0.2, -0.15) is 4.99 Å². The zero-order valence-electron chi connectivity index (χ0n) is 11.1. The van der Waals surface area contributed by atoms with E-state index in [-0.39, 0.29) is 11.3 Å². The SMILES string of the molecule is COc1ccccc1Oc1ccc(N=C=O)c(C(=O)O)c1. The Kier molecular flexibility index (Phi) is 4.33. The van der Waals surface area contributed by atoms with Crippen LogP contribution in [-0.2, 0) is 4.79 Å². The van der Waals surface area contributed by atoms with E-state index < -0.39 is 5.97 Å². The summed E-state index contributed by atoms with van der Waals surface area (Å²) in [6.07, 6.45) is 1.32. The van der Waals surface area contributed by atoms with Crippen LogP contribution in [0.3, 0.4) is 0 Å². The van der Waals surface area contributed by atoms with Gasteiger partial charge in [0.15, 0.2) is 11.5 Å². The summed E-state index contributed by atoms with van der Waals surface area (Å²) in [4.78, 5) is 24.8. The topological polar surface area (TPSA) is 85.2 Å². The molecule has 0 radical (unpaired) electrons. The van der Waals surface area contributed by atoms with Crippen LogP contribution in [0.4, 0.5) is 5.69 Å².